The number of rotatable bonds is 8. The van der Waals surface area contributed by atoms with Gasteiger partial charge in [-0.1, -0.05) is 18.2 Å². The van der Waals surface area contributed by atoms with Gasteiger partial charge in [-0.2, -0.15) is 0 Å². The predicted molar refractivity (Wildman–Crippen MR) is 105 cm³/mol. The molecule has 4 nitrogen and oxygen atoms in total. The molecule has 0 amide bonds. The second kappa shape index (κ2) is 10.2. The van der Waals surface area contributed by atoms with Gasteiger partial charge >= 0.3 is 0 Å². The Kier molecular flexibility index (Phi) is 7.88. The third-order valence-electron chi connectivity index (χ3n) is 3.89. The SMILES string of the molecule is CCNC(=NCC(c1ccc(F)cc1)N(C)C)NCCc1cccs1. The lowest BCUT2D eigenvalue weighted by Crippen LogP contribution is -2.39. The smallest absolute Gasteiger partial charge is 0.191 e. The number of benzene rings is 1. The largest absolute Gasteiger partial charge is 0.357 e. The van der Waals surface area contributed by atoms with Gasteiger partial charge in [0, 0.05) is 18.0 Å². The van der Waals surface area contributed by atoms with Crippen LogP contribution in [0, 0.1) is 5.82 Å². The average Bonchev–Trinajstić information content (AvgIpc) is 3.09. The maximum Gasteiger partial charge on any atom is 0.191 e. The fourth-order valence-electron chi connectivity index (χ4n) is 2.53. The van der Waals surface area contributed by atoms with Crippen LogP contribution in [0.15, 0.2) is 46.8 Å². The van der Waals surface area contributed by atoms with Crippen molar-refractivity contribution in [2.75, 3.05) is 33.7 Å². The predicted octanol–water partition coefficient (Wildman–Crippen LogP) is 3.29. The van der Waals surface area contributed by atoms with E-state index in [9.17, 15) is 4.39 Å². The highest BCUT2D eigenvalue weighted by molar-refractivity contribution is 7.09. The number of hydrogen-bond donors (Lipinski definition) is 2. The van der Waals surface area contributed by atoms with Gasteiger partial charge in [0.15, 0.2) is 5.96 Å². The Morgan fingerprint density at radius 3 is 2.56 bits per heavy atom. The minimum Gasteiger partial charge on any atom is -0.357 e. The number of likely N-dealkylation sites (N-methyl/N-ethyl adjacent to an activating group) is 1. The molecule has 1 atom stereocenters. The van der Waals surface area contributed by atoms with Crippen LogP contribution in [0.4, 0.5) is 4.39 Å². The molecule has 2 aromatic rings. The molecule has 2 rings (SSSR count). The molecule has 0 radical (unpaired) electrons. The van der Waals surface area contributed by atoms with Crippen LogP contribution >= 0.6 is 11.3 Å². The van der Waals surface area contributed by atoms with Gasteiger partial charge in [0.2, 0.25) is 0 Å². The lowest BCUT2D eigenvalue weighted by molar-refractivity contribution is 0.306. The zero-order chi connectivity index (χ0) is 18.1. The van der Waals surface area contributed by atoms with Crippen molar-refractivity contribution in [2.45, 2.75) is 19.4 Å². The summed E-state index contributed by atoms with van der Waals surface area (Å²) >= 11 is 1.77. The summed E-state index contributed by atoms with van der Waals surface area (Å²) in [5.74, 6) is 0.598. The summed E-state index contributed by atoms with van der Waals surface area (Å²) in [7, 11) is 4.03. The fraction of sp³-hybridized carbons (Fsp3) is 0.421. The van der Waals surface area contributed by atoms with Gasteiger partial charge in [-0.25, -0.2) is 4.39 Å². The molecular weight excluding hydrogens is 335 g/mol. The molecule has 1 aromatic heterocycles. The molecule has 2 N–H and O–H groups in total. The van der Waals surface area contributed by atoms with E-state index >= 15 is 0 Å². The molecule has 0 aliphatic heterocycles. The molecule has 1 heterocycles. The number of nitrogens with one attached hydrogen (secondary N) is 2. The summed E-state index contributed by atoms with van der Waals surface area (Å²) in [5.41, 5.74) is 1.06. The van der Waals surface area contributed by atoms with Crippen molar-refractivity contribution >= 4 is 17.3 Å². The second-order valence-corrected chi connectivity index (χ2v) is 7.04. The van der Waals surface area contributed by atoms with Gasteiger partial charge in [-0.3, -0.25) is 4.99 Å². The molecule has 0 saturated carbocycles. The molecular formula is C19H27FN4S. The minimum atomic E-state index is -0.215. The van der Waals surface area contributed by atoms with Gasteiger partial charge in [-0.15, -0.1) is 11.3 Å². The summed E-state index contributed by atoms with van der Waals surface area (Å²) in [4.78, 5) is 8.18. The lowest BCUT2D eigenvalue weighted by Gasteiger charge is -2.23. The van der Waals surface area contributed by atoms with Gasteiger partial charge in [0.25, 0.3) is 0 Å². The van der Waals surface area contributed by atoms with Crippen LogP contribution in [0.5, 0.6) is 0 Å². The van der Waals surface area contributed by atoms with Gasteiger partial charge in [-0.05, 0) is 56.6 Å². The molecule has 0 aliphatic rings. The van der Waals surface area contributed by atoms with E-state index in [2.05, 4.69) is 40.0 Å². The normalized spacial score (nSPS) is 13.1. The van der Waals surface area contributed by atoms with Crippen molar-refractivity contribution < 1.29 is 4.39 Å². The standard InChI is InChI=1S/C19H27FN4S/c1-4-21-19(22-12-11-17-6-5-13-25-17)23-14-18(24(2)3)15-7-9-16(20)10-8-15/h5-10,13,18H,4,11-12,14H2,1-3H3,(H2,21,22,23). The molecule has 0 bridgehead atoms. The third-order valence-corrected chi connectivity index (χ3v) is 4.82. The van der Waals surface area contributed by atoms with Crippen LogP contribution in [0.25, 0.3) is 0 Å². The number of thiophene rings is 1. The van der Waals surface area contributed by atoms with E-state index in [0.717, 1.165) is 31.0 Å². The van der Waals surface area contributed by atoms with Crippen molar-refractivity contribution in [2.24, 2.45) is 4.99 Å². The highest BCUT2D eigenvalue weighted by atomic mass is 32.1. The van der Waals surface area contributed by atoms with Crippen LogP contribution in [0.1, 0.15) is 23.4 Å². The van der Waals surface area contributed by atoms with Crippen molar-refractivity contribution in [1.29, 1.82) is 0 Å². The quantitative estimate of drug-likeness (QED) is 0.559. The van der Waals surface area contributed by atoms with Crippen molar-refractivity contribution in [3.63, 3.8) is 0 Å². The van der Waals surface area contributed by atoms with E-state index in [0.29, 0.717) is 6.54 Å². The maximum absolute atomic E-state index is 13.2. The minimum absolute atomic E-state index is 0.105. The van der Waals surface area contributed by atoms with Crippen LogP contribution in [-0.2, 0) is 6.42 Å². The highest BCUT2D eigenvalue weighted by Gasteiger charge is 2.14. The molecule has 1 aromatic carbocycles. The first-order valence-corrected chi connectivity index (χ1v) is 9.44. The first-order valence-electron chi connectivity index (χ1n) is 8.56. The Hall–Kier alpha value is -1.92. The Morgan fingerprint density at radius 2 is 1.96 bits per heavy atom. The van der Waals surface area contributed by atoms with Crippen molar-refractivity contribution in [3.8, 4) is 0 Å². The fourth-order valence-corrected chi connectivity index (χ4v) is 3.24. The lowest BCUT2D eigenvalue weighted by atomic mass is 10.1. The van der Waals surface area contributed by atoms with Crippen LogP contribution in [0.3, 0.4) is 0 Å². The molecule has 6 heteroatoms. The van der Waals surface area contributed by atoms with E-state index in [1.165, 1.54) is 17.0 Å². The van der Waals surface area contributed by atoms with Gasteiger partial charge in [0.1, 0.15) is 5.82 Å². The van der Waals surface area contributed by atoms with E-state index < -0.39 is 0 Å². The zero-order valence-corrected chi connectivity index (χ0v) is 15.9. The number of guanidine groups is 1. The molecule has 1 unspecified atom stereocenters. The Bertz CT molecular complexity index is 638. The van der Waals surface area contributed by atoms with E-state index in [-0.39, 0.29) is 11.9 Å². The second-order valence-electron chi connectivity index (χ2n) is 6.01. The molecule has 0 spiro atoms. The first kappa shape index (κ1) is 19.4. The molecule has 0 aliphatic carbocycles. The highest BCUT2D eigenvalue weighted by Crippen LogP contribution is 2.19. The van der Waals surface area contributed by atoms with Gasteiger partial charge in [0.05, 0.1) is 12.6 Å². The maximum atomic E-state index is 13.2. The molecule has 25 heavy (non-hydrogen) atoms. The molecule has 136 valence electrons. The van der Waals surface area contributed by atoms with Crippen molar-refractivity contribution in [3.05, 3.63) is 58.0 Å². The number of aliphatic imine (C=N–C) groups is 1. The topological polar surface area (TPSA) is 39.7 Å². The van der Waals surface area contributed by atoms with E-state index in [4.69, 9.17) is 4.99 Å². The molecule has 0 saturated heterocycles. The summed E-state index contributed by atoms with van der Waals surface area (Å²) in [5, 5.41) is 8.76. The monoisotopic (exact) mass is 362 g/mol. The summed E-state index contributed by atoms with van der Waals surface area (Å²) < 4.78 is 13.2. The zero-order valence-electron chi connectivity index (χ0n) is 15.1. The number of nitrogens with zero attached hydrogens (tertiary/aromatic N) is 2. The van der Waals surface area contributed by atoms with Crippen LogP contribution in [0.2, 0.25) is 0 Å². The van der Waals surface area contributed by atoms with Gasteiger partial charge < -0.3 is 15.5 Å². The third kappa shape index (κ3) is 6.48. The summed E-state index contributed by atoms with van der Waals surface area (Å²) in [6, 6.07) is 11.0. The molecule has 0 fully saturated rings. The Morgan fingerprint density at radius 1 is 1.20 bits per heavy atom. The Labute approximate surface area is 153 Å². The van der Waals surface area contributed by atoms with E-state index in [1.54, 1.807) is 11.3 Å². The van der Waals surface area contributed by atoms with Crippen LogP contribution in [-0.4, -0.2) is 44.6 Å². The van der Waals surface area contributed by atoms with Crippen LogP contribution < -0.4 is 10.6 Å². The Balaban J connectivity index is 1.97. The summed E-state index contributed by atoms with van der Waals surface area (Å²) in [6.07, 6.45) is 0.983. The first-order chi connectivity index (χ1) is 12.1. The number of halogens is 1. The number of hydrogen-bond acceptors (Lipinski definition) is 3. The summed E-state index contributed by atoms with van der Waals surface area (Å²) in [6.45, 7) is 4.32. The van der Waals surface area contributed by atoms with E-state index in [1.807, 2.05) is 26.2 Å². The van der Waals surface area contributed by atoms with Crippen molar-refractivity contribution in [1.82, 2.24) is 15.5 Å². The average molecular weight is 363 g/mol.